The highest BCUT2D eigenvalue weighted by Crippen LogP contribution is 2.35. The highest BCUT2D eigenvalue weighted by molar-refractivity contribution is 7.79. The predicted molar refractivity (Wildman–Crippen MR) is 57.9 cm³/mol. The first-order valence-corrected chi connectivity index (χ1v) is 5.19. The van der Waals surface area contributed by atoms with E-state index in [1.165, 1.54) is 26.0 Å². The lowest BCUT2D eigenvalue weighted by Crippen LogP contribution is -2.20. The topological polar surface area (TPSA) is 0 Å². The van der Waals surface area contributed by atoms with E-state index >= 15 is 0 Å². The maximum Gasteiger partial charge on any atom is 0.275 e. The molecule has 0 aliphatic heterocycles. The zero-order valence-corrected chi connectivity index (χ0v) is 9.19. The summed E-state index contributed by atoms with van der Waals surface area (Å²) in [5.74, 6) is -2.84. The molecular formula is C11H14F2S. The Bertz CT molecular complexity index is 291. The van der Waals surface area contributed by atoms with E-state index in [4.69, 9.17) is 0 Å². The quantitative estimate of drug-likeness (QED) is 0.729. The number of hydrogen-bond acceptors (Lipinski definition) is 1. The van der Waals surface area contributed by atoms with Crippen molar-refractivity contribution in [1.29, 1.82) is 0 Å². The molecule has 0 saturated heterocycles. The van der Waals surface area contributed by atoms with E-state index < -0.39 is 11.8 Å². The largest absolute Gasteiger partial charge is 0.275 e. The lowest BCUT2D eigenvalue weighted by atomic mass is 9.97. The van der Waals surface area contributed by atoms with Crippen LogP contribution < -0.4 is 0 Å². The molecule has 0 amide bonds. The summed E-state index contributed by atoms with van der Waals surface area (Å²) in [5, 5.41) is 0. The van der Waals surface area contributed by atoms with Crippen LogP contribution >= 0.6 is 12.6 Å². The molecule has 1 aromatic rings. The second-order valence-corrected chi connectivity index (χ2v) is 3.95. The van der Waals surface area contributed by atoms with Gasteiger partial charge in [0, 0.05) is 17.2 Å². The Morgan fingerprint density at radius 2 is 1.71 bits per heavy atom. The molecule has 0 aliphatic rings. The second-order valence-electron chi connectivity index (χ2n) is 3.63. The van der Waals surface area contributed by atoms with Crippen LogP contribution in [0.4, 0.5) is 8.78 Å². The van der Waals surface area contributed by atoms with Crippen LogP contribution in [0.2, 0.25) is 0 Å². The van der Waals surface area contributed by atoms with Gasteiger partial charge in [-0.2, -0.15) is 12.6 Å². The van der Waals surface area contributed by atoms with Crippen LogP contribution in [0.15, 0.2) is 24.3 Å². The molecule has 0 aromatic heterocycles. The summed E-state index contributed by atoms with van der Waals surface area (Å²) < 4.78 is 27.0. The van der Waals surface area contributed by atoms with E-state index in [2.05, 4.69) is 12.6 Å². The van der Waals surface area contributed by atoms with Gasteiger partial charge in [0.1, 0.15) is 0 Å². The van der Waals surface area contributed by atoms with Gasteiger partial charge in [-0.25, -0.2) is 8.78 Å². The second kappa shape index (κ2) is 4.30. The fourth-order valence-corrected chi connectivity index (χ4v) is 1.38. The summed E-state index contributed by atoms with van der Waals surface area (Å²) in [6, 6.07) is 6.34. The van der Waals surface area contributed by atoms with E-state index in [0.29, 0.717) is 5.75 Å². The van der Waals surface area contributed by atoms with Crippen LogP contribution in [-0.4, -0.2) is 0 Å². The van der Waals surface area contributed by atoms with Crippen molar-refractivity contribution in [3.8, 4) is 0 Å². The molecule has 3 heteroatoms. The number of thiol groups is 1. The third-order valence-electron chi connectivity index (χ3n) is 2.25. The molecule has 1 aromatic carbocycles. The maximum absolute atomic E-state index is 13.5. The van der Waals surface area contributed by atoms with Crippen molar-refractivity contribution in [2.24, 2.45) is 5.92 Å². The Kier molecular flexibility index (Phi) is 3.53. The van der Waals surface area contributed by atoms with Crippen molar-refractivity contribution < 1.29 is 8.78 Å². The maximum atomic E-state index is 13.5. The monoisotopic (exact) mass is 216 g/mol. The average Bonchev–Trinajstić information content (AvgIpc) is 2.17. The Labute approximate surface area is 88.7 Å². The van der Waals surface area contributed by atoms with Gasteiger partial charge in [-0.1, -0.05) is 38.1 Å². The van der Waals surface area contributed by atoms with Gasteiger partial charge >= 0.3 is 0 Å². The highest BCUT2D eigenvalue weighted by Gasteiger charge is 2.35. The van der Waals surface area contributed by atoms with Gasteiger partial charge in [0.25, 0.3) is 5.92 Å². The Morgan fingerprint density at radius 1 is 1.21 bits per heavy atom. The molecule has 0 bridgehead atoms. The molecule has 0 fully saturated rings. The number of hydrogen-bond donors (Lipinski definition) is 1. The SMILES string of the molecule is CC(C)C(F)(F)c1ccc(CS)cc1. The summed E-state index contributed by atoms with van der Waals surface area (Å²) in [7, 11) is 0. The Balaban J connectivity index is 2.97. The van der Waals surface area contributed by atoms with Crippen molar-refractivity contribution >= 4 is 12.6 Å². The average molecular weight is 216 g/mol. The number of rotatable bonds is 3. The van der Waals surface area contributed by atoms with Gasteiger partial charge in [0.05, 0.1) is 0 Å². The summed E-state index contributed by atoms with van der Waals surface area (Å²) >= 11 is 4.07. The van der Waals surface area contributed by atoms with Crippen LogP contribution in [-0.2, 0) is 11.7 Å². The molecular weight excluding hydrogens is 202 g/mol. The molecule has 0 radical (unpaired) electrons. The smallest absolute Gasteiger partial charge is 0.201 e. The summed E-state index contributed by atoms with van der Waals surface area (Å²) in [6.07, 6.45) is 0. The molecule has 0 atom stereocenters. The van der Waals surface area contributed by atoms with Crippen LogP contribution in [0.3, 0.4) is 0 Å². The van der Waals surface area contributed by atoms with E-state index in [-0.39, 0.29) is 5.56 Å². The van der Waals surface area contributed by atoms with Gasteiger partial charge in [0.15, 0.2) is 0 Å². The number of halogens is 2. The van der Waals surface area contributed by atoms with E-state index in [0.717, 1.165) is 5.56 Å². The Hall–Kier alpha value is -0.570. The van der Waals surface area contributed by atoms with Crippen LogP contribution in [0.5, 0.6) is 0 Å². The van der Waals surface area contributed by atoms with Gasteiger partial charge in [-0.05, 0) is 5.56 Å². The van der Waals surface area contributed by atoms with Crippen LogP contribution in [0.25, 0.3) is 0 Å². The molecule has 14 heavy (non-hydrogen) atoms. The zero-order chi connectivity index (χ0) is 10.8. The minimum atomic E-state index is -2.74. The molecule has 0 spiro atoms. The summed E-state index contributed by atoms with van der Waals surface area (Å²) in [5.41, 5.74) is 1.04. The summed E-state index contributed by atoms with van der Waals surface area (Å²) in [6.45, 7) is 3.04. The third-order valence-corrected chi connectivity index (χ3v) is 2.61. The van der Waals surface area contributed by atoms with Crippen molar-refractivity contribution in [2.45, 2.75) is 25.5 Å². The fourth-order valence-electron chi connectivity index (χ4n) is 1.17. The minimum absolute atomic E-state index is 0.0815. The zero-order valence-electron chi connectivity index (χ0n) is 8.30. The summed E-state index contributed by atoms with van der Waals surface area (Å²) in [4.78, 5) is 0. The van der Waals surface area contributed by atoms with E-state index in [1.54, 1.807) is 12.1 Å². The Morgan fingerprint density at radius 3 is 2.07 bits per heavy atom. The lowest BCUT2D eigenvalue weighted by molar-refractivity contribution is -0.0513. The molecule has 0 heterocycles. The standard InChI is InChI=1S/C11H14F2S/c1-8(2)11(12,13)10-5-3-9(7-14)4-6-10/h3-6,8,14H,7H2,1-2H3. The molecule has 0 aliphatic carbocycles. The minimum Gasteiger partial charge on any atom is -0.201 e. The van der Waals surface area contributed by atoms with Gasteiger partial charge < -0.3 is 0 Å². The van der Waals surface area contributed by atoms with E-state index in [9.17, 15) is 8.78 Å². The number of alkyl halides is 2. The van der Waals surface area contributed by atoms with Crippen molar-refractivity contribution in [3.05, 3.63) is 35.4 Å². The van der Waals surface area contributed by atoms with Crippen LogP contribution in [0.1, 0.15) is 25.0 Å². The number of benzene rings is 1. The van der Waals surface area contributed by atoms with Crippen molar-refractivity contribution in [2.75, 3.05) is 0 Å². The first-order chi connectivity index (χ1) is 6.48. The molecule has 0 unspecified atom stereocenters. The molecule has 1 rings (SSSR count). The predicted octanol–water partition coefficient (Wildman–Crippen LogP) is 3.86. The van der Waals surface area contributed by atoms with Gasteiger partial charge in [0.2, 0.25) is 0 Å². The van der Waals surface area contributed by atoms with Gasteiger partial charge in [-0.15, -0.1) is 0 Å². The van der Waals surface area contributed by atoms with Crippen LogP contribution in [0, 0.1) is 5.92 Å². The van der Waals surface area contributed by atoms with Crippen molar-refractivity contribution in [1.82, 2.24) is 0 Å². The fraction of sp³-hybridized carbons (Fsp3) is 0.455. The molecule has 0 N–H and O–H groups in total. The molecule has 0 nitrogen and oxygen atoms in total. The lowest BCUT2D eigenvalue weighted by Gasteiger charge is -2.20. The molecule has 0 saturated carbocycles. The third kappa shape index (κ3) is 2.27. The highest BCUT2D eigenvalue weighted by atomic mass is 32.1. The van der Waals surface area contributed by atoms with Crippen molar-refractivity contribution in [3.63, 3.8) is 0 Å². The van der Waals surface area contributed by atoms with E-state index in [1.807, 2.05) is 0 Å². The first kappa shape index (κ1) is 11.5. The normalized spacial score (nSPS) is 12.1. The molecule has 78 valence electrons. The van der Waals surface area contributed by atoms with Gasteiger partial charge in [-0.3, -0.25) is 0 Å². The first-order valence-electron chi connectivity index (χ1n) is 4.56.